The van der Waals surface area contributed by atoms with Crippen LogP contribution in [0.1, 0.15) is 31.2 Å². The van der Waals surface area contributed by atoms with E-state index < -0.39 is 11.4 Å². The number of amides is 1. The van der Waals surface area contributed by atoms with Crippen LogP contribution < -0.4 is 4.74 Å². The predicted octanol–water partition coefficient (Wildman–Crippen LogP) is 1.41. The maximum absolute atomic E-state index is 13.4. The second kappa shape index (κ2) is 8.96. The molecule has 168 valence electrons. The average molecular weight is 431 g/mol. The molecule has 0 aliphatic carbocycles. The molecule has 0 radical (unpaired) electrons. The number of ketones is 1. The molecule has 3 saturated heterocycles. The van der Waals surface area contributed by atoms with Crippen LogP contribution >= 0.6 is 0 Å². The molecule has 8 heteroatoms. The minimum absolute atomic E-state index is 0.0694. The molecule has 31 heavy (non-hydrogen) atoms. The Labute approximate surface area is 182 Å². The monoisotopic (exact) mass is 430 g/mol. The number of ether oxygens (including phenoxy) is 3. The van der Waals surface area contributed by atoms with Gasteiger partial charge in [0.2, 0.25) is 5.91 Å². The van der Waals surface area contributed by atoms with Gasteiger partial charge in [-0.1, -0.05) is 12.1 Å². The van der Waals surface area contributed by atoms with E-state index in [1.54, 1.807) is 12.0 Å². The molecular weight excluding hydrogens is 400 g/mol. The maximum Gasteiger partial charge on any atom is 0.321 e. The Kier molecular flexibility index (Phi) is 6.29. The Morgan fingerprint density at radius 2 is 1.97 bits per heavy atom. The summed E-state index contributed by atoms with van der Waals surface area (Å²) in [5, 5.41) is 0. The summed E-state index contributed by atoms with van der Waals surface area (Å²) in [5.74, 6) is -0.191. The first-order valence-corrected chi connectivity index (χ1v) is 10.9. The molecule has 0 saturated carbocycles. The number of hydrogen-bond donors (Lipinski definition) is 0. The van der Waals surface area contributed by atoms with Gasteiger partial charge in [0, 0.05) is 38.1 Å². The summed E-state index contributed by atoms with van der Waals surface area (Å²) in [6.45, 7) is 2.48. The topological polar surface area (TPSA) is 85.4 Å². The van der Waals surface area contributed by atoms with Crippen molar-refractivity contribution >= 4 is 17.7 Å². The van der Waals surface area contributed by atoms with Crippen molar-refractivity contribution in [1.82, 2.24) is 9.80 Å². The van der Waals surface area contributed by atoms with Crippen LogP contribution in [0.2, 0.25) is 0 Å². The predicted molar refractivity (Wildman–Crippen MR) is 111 cm³/mol. The number of methoxy groups -OCH3 is 2. The van der Waals surface area contributed by atoms with Crippen LogP contribution in [0.15, 0.2) is 24.3 Å². The zero-order valence-electron chi connectivity index (χ0n) is 18.2. The van der Waals surface area contributed by atoms with E-state index >= 15 is 0 Å². The zero-order valence-corrected chi connectivity index (χ0v) is 18.2. The minimum atomic E-state index is -1.46. The van der Waals surface area contributed by atoms with Crippen LogP contribution in [-0.2, 0) is 30.4 Å². The number of fused-ring (bicyclic) bond motifs is 2. The third kappa shape index (κ3) is 3.94. The lowest BCUT2D eigenvalue weighted by atomic mass is 9.69. The smallest absolute Gasteiger partial charge is 0.321 e. The van der Waals surface area contributed by atoms with Gasteiger partial charge >= 0.3 is 5.97 Å². The first kappa shape index (κ1) is 21.8. The summed E-state index contributed by atoms with van der Waals surface area (Å²) < 4.78 is 15.8. The Bertz CT molecular complexity index is 852. The second-order valence-corrected chi connectivity index (χ2v) is 8.53. The molecule has 3 aliphatic heterocycles. The van der Waals surface area contributed by atoms with E-state index in [9.17, 15) is 14.4 Å². The SMILES string of the molecule is COC(=O)[C@@]1(CC(=O)N2CCOCC2)C(=O)C[C@@H]2CC[C@H]1N2Cc1cccc(OC)c1. The highest BCUT2D eigenvalue weighted by Crippen LogP contribution is 2.48. The quantitative estimate of drug-likeness (QED) is 0.498. The standard InChI is InChI=1S/C23H30N2O6/c1-29-18-5-3-4-16(12-18)15-25-17-6-7-19(25)23(20(26)13-17,22(28)30-2)14-21(27)24-8-10-31-11-9-24/h3-5,12,17,19H,6-11,13-15H2,1-2H3/t17-,19+,23+/m0/s1. The van der Waals surface area contributed by atoms with E-state index in [-0.39, 0.29) is 36.6 Å². The summed E-state index contributed by atoms with van der Waals surface area (Å²) in [4.78, 5) is 43.5. The number of rotatable bonds is 6. The van der Waals surface area contributed by atoms with Gasteiger partial charge in [0.25, 0.3) is 0 Å². The van der Waals surface area contributed by atoms with Gasteiger partial charge in [0.15, 0.2) is 11.2 Å². The third-order valence-corrected chi connectivity index (χ3v) is 6.97. The van der Waals surface area contributed by atoms with Crippen molar-refractivity contribution in [2.45, 2.75) is 44.3 Å². The van der Waals surface area contributed by atoms with Crippen molar-refractivity contribution < 1.29 is 28.6 Å². The second-order valence-electron chi connectivity index (χ2n) is 8.53. The summed E-state index contributed by atoms with van der Waals surface area (Å²) >= 11 is 0. The summed E-state index contributed by atoms with van der Waals surface area (Å²) in [6.07, 6.45) is 1.62. The number of esters is 1. The number of carbonyl (C=O) groups is 3. The molecule has 8 nitrogen and oxygen atoms in total. The molecular formula is C23H30N2O6. The number of piperidine rings is 1. The lowest BCUT2D eigenvalue weighted by Crippen LogP contribution is -2.61. The van der Waals surface area contributed by atoms with Crippen LogP contribution in [0.4, 0.5) is 0 Å². The highest BCUT2D eigenvalue weighted by Gasteiger charge is 2.62. The van der Waals surface area contributed by atoms with Gasteiger partial charge in [-0.2, -0.15) is 0 Å². The van der Waals surface area contributed by atoms with Gasteiger partial charge in [-0.15, -0.1) is 0 Å². The van der Waals surface area contributed by atoms with E-state index in [2.05, 4.69) is 4.90 Å². The highest BCUT2D eigenvalue weighted by molar-refractivity contribution is 6.08. The molecule has 3 atom stereocenters. The van der Waals surface area contributed by atoms with Crippen molar-refractivity contribution in [2.75, 3.05) is 40.5 Å². The Hall–Kier alpha value is -2.45. The van der Waals surface area contributed by atoms with Crippen LogP contribution in [0, 0.1) is 5.41 Å². The van der Waals surface area contributed by atoms with Gasteiger partial charge in [-0.05, 0) is 30.5 Å². The van der Waals surface area contributed by atoms with Gasteiger partial charge in [0.1, 0.15) is 5.75 Å². The van der Waals surface area contributed by atoms with Crippen LogP contribution in [0.25, 0.3) is 0 Å². The lowest BCUT2D eigenvalue weighted by Gasteiger charge is -2.46. The molecule has 1 aromatic rings. The van der Waals surface area contributed by atoms with Crippen molar-refractivity contribution in [1.29, 1.82) is 0 Å². The fourth-order valence-corrected chi connectivity index (χ4v) is 5.37. The molecule has 0 spiro atoms. The number of carbonyl (C=O) groups excluding carboxylic acids is 3. The Balaban J connectivity index is 1.64. The normalized spacial score (nSPS) is 28.5. The maximum atomic E-state index is 13.4. The zero-order chi connectivity index (χ0) is 22.0. The van der Waals surface area contributed by atoms with Crippen LogP contribution in [0.5, 0.6) is 5.75 Å². The van der Waals surface area contributed by atoms with E-state index in [1.165, 1.54) is 7.11 Å². The van der Waals surface area contributed by atoms with Crippen molar-refractivity contribution in [3.05, 3.63) is 29.8 Å². The molecule has 1 amide bonds. The molecule has 4 rings (SSSR count). The number of benzene rings is 1. The lowest BCUT2D eigenvalue weighted by molar-refractivity contribution is -0.171. The van der Waals surface area contributed by atoms with E-state index in [0.29, 0.717) is 39.3 Å². The number of Topliss-reactive ketones (excluding diaryl/α,β-unsaturated/α-hetero) is 1. The Morgan fingerprint density at radius 1 is 1.19 bits per heavy atom. The van der Waals surface area contributed by atoms with Crippen LogP contribution in [0.3, 0.4) is 0 Å². The third-order valence-electron chi connectivity index (χ3n) is 6.97. The fourth-order valence-electron chi connectivity index (χ4n) is 5.37. The highest BCUT2D eigenvalue weighted by atomic mass is 16.5. The largest absolute Gasteiger partial charge is 0.497 e. The van der Waals surface area contributed by atoms with Gasteiger partial charge < -0.3 is 19.1 Å². The first-order valence-electron chi connectivity index (χ1n) is 10.9. The van der Waals surface area contributed by atoms with Crippen molar-refractivity contribution in [3.8, 4) is 5.75 Å². The number of morpholine rings is 1. The van der Waals surface area contributed by atoms with E-state index in [0.717, 1.165) is 17.7 Å². The van der Waals surface area contributed by atoms with Crippen molar-refractivity contribution in [3.63, 3.8) is 0 Å². The Morgan fingerprint density at radius 3 is 2.68 bits per heavy atom. The van der Waals surface area contributed by atoms with Crippen LogP contribution in [-0.4, -0.2) is 80.1 Å². The molecule has 3 fully saturated rings. The molecule has 3 aliphatic rings. The molecule has 3 heterocycles. The van der Waals surface area contributed by atoms with Gasteiger partial charge in [0.05, 0.1) is 33.9 Å². The molecule has 0 aromatic heterocycles. The van der Waals surface area contributed by atoms with E-state index in [4.69, 9.17) is 14.2 Å². The molecule has 1 aromatic carbocycles. The summed E-state index contributed by atoms with van der Waals surface area (Å²) in [5.41, 5.74) is -0.417. The first-order chi connectivity index (χ1) is 15.0. The van der Waals surface area contributed by atoms with Gasteiger partial charge in [-0.25, -0.2) is 0 Å². The summed E-state index contributed by atoms with van der Waals surface area (Å²) in [7, 11) is 2.92. The average Bonchev–Trinajstić information content (AvgIpc) is 3.12. The molecule has 2 bridgehead atoms. The molecule has 0 unspecified atom stereocenters. The van der Waals surface area contributed by atoms with Gasteiger partial charge in [-0.3, -0.25) is 19.3 Å². The van der Waals surface area contributed by atoms with E-state index in [1.807, 2.05) is 24.3 Å². The number of nitrogens with zero attached hydrogens (tertiary/aromatic N) is 2. The van der Waals surface area contributed by atoms with Crippen molar-refractivity contribution in [2.24, 2.45) is 5.41 Å². The molecule has 0 N–H and O–H groups in total. The number of hydrogen-bond acceptors (Lipinski definition) is 7. The minimum Gasteiger partial charge on any atom is -0.497 e. The fraction of sp³-hybridized carbons (Fsp3) is 0.609. The summed E-state index contributed by atoms with van der Waals surface area (Å²) in [6, 6.07) is 7.51.